The Bertz CT molecular complexity index is 876. The van der Waals surface area contributed by atoms with Crippen LogP contribution in [0, 0.1) is 12.3 Å². The van der Waals surface area contributed by atoms with Crippen LogP contribution in [0.4, 0.5) is 0 Å². The minimum Gasteiger partial charge on any atom is -0.493 e. The Morgan fingerprint density at radius 3 is 2.64 bits per heavy atom. The number of carbonyl (C=O) groups excluding carboxylic acids is 1. The van der Waals surface area contributed by atoms with E-state index >= 15 is 0 Å². The number of nitrogens with zero attached hydrogens (tertiary/aromatic N) is 1. The molecule has 0 aliphatic rings. The molecule has 5 nitrogen and oxygen atoms in total. The van der Waals surface area contributed by atoms with Crippen LogP contribution >= 0.6 is 23.5 Å². The highest BCUT2D eigenvalue weighted by atomic mass is 35.5. The Morgan fingerprint density at radius 1 is 1.25 bits per heavy atom. The van der Waals surface area contributed by atoms with E-state index in [4.69, 9.17) is 27.5 Å². The molecular formula is C21H21ClN2O3S. The minimum absolute atomic E-state index is 0.175. The fraction of sp³-hybridized carbons (Fsp3) is 0.238. The van der Waals surface area contributed by atoms with Gasteiger partial charge in [0, 0.05) is 23.4 Å². The van der Waals surface area contributed by atoms with Gasteiger partial charge in [0.15, 0.2) is 11.5 Å². The molecule has 0 aliphatic heterocycles. The minimum atomic E-state index is -0.238. The van der Waals surface area contributed by atoms with E-state index in [0.29, 0.717) is 40.8 Å². The second-order valence-corrected chi connectivity index (χ2v) is 6.60. The quantitative estimate of drug-likeness (QED) is 0.384. The standard InChI is InChI=1S/C21H21ClN2O3S/c1-4-13-27-18-10-5-15(14-19(18)26-2)11-12-23-21(25)20(24-28-3)16-6-8-17(22)9-7-16/h1,5-10,14H,11-13H2,2-3H3,(H,23,25). The number of terminal acetylenes is 1. The van der Waals surface area contributed by atoms with Crippen molar-refractivity contribution in [2.24, 2.45) is 4.40 Å². The van der Waals surface area contributed by atoms with Gasteiger partial charge < -0.3 is 14.8 Å². The number of rotatable bonds is 9. The molecule has 0 spiro atoms. The summed E-state index contributed by atoms with van der Waals surface area (Å²) in [6.07, 6.45) is 7.65. The van der Waals surface area contributed by atoms with Crippen LogP contribution in [0.1, 0.15) is 11.1 Å². The van der Waals surface area contributed by atoms with E-state index in [1.807, 2.05) is 18.2 Å². The number of hydrogen-bond acceptors (Lipinski definition) is 5. The average molecular weight is 417 g/mol. The maximum atomic E-state index is 12.6. The molecule has 0 saturated carbocycles. The zero-order valence-corrected chi connectivity index (χ0v) is 17.3. The molecule has 0 saturated heterocycles. The fourth-order valence-electron chi connectivity index (χ4n) is 2.43. The summed E-state index contributed by atoms with van der Waals surface area (Å²) in [4.78, 5) is 12.6. The van der Waals surface area contributed by atoms with Crippen LogP contribution in [-0.2, 0) is 11.2 Å². The van der Waals surface area contributed by atoms with Gasteiger partial charge in [-0.2, -0.15) is 0 Å². The van der Waals surface area contributed by atoms with Crippen LogP contribution in [0.25, 0.3) is 0 Å². The van der Waals surface area contributed by atoms with Crippen LogP contribution in [0.15, 0.2) is 46.9 Å². The number of hydrogen-bond donors (Lipinski definition) is 1. The van der Waals surface area contributed by atoms with Gasteiger partial charge in [-0.3, -0.25) is 4.79 Å². The smallest absolute Gasteiger partial charge is 0.271 e. The molecule has 0 aromatic heterocycles. The lowest BCUT2D eigenvalue weighted by Gasteiger charge is -2.11. The number of halogens is 1. The second-order valence-electron chi connectivity index (χ2n) is 5.61. The molecule has 0 fully saturated rings. The number of benzene rings is 2. The van der Waals surface area contributed by atoms with Crippen molar-refractivity contribution in [1.82, 2.24) is 5.32 Å². The van der Waals surface area contributed by atoms with Crippen molar-refractivity contribution in [3.05, 3.63) is 58.6 Å². The van der Waals surface area contributed by atoms with Crippen molar-refractivity contribution < 1.29 is 14.3 Å². The van der Waals surface area contributed by atoms with E-state index in [-0.39, 0.29) is 12.5 Å². The Balaban J connectivity index is 1.99. The highest BCUT2D eigenvalue weighted by Gasteiger charge is 2.14. The van der Waals surface area contributed by atoms with Gasteiger partial charge >= 0.3 is 0 Å². The van der Waals surface area contributed by atoms with Crippen molar-refractivity contribution >= 4 is 35.2 Å². The number of amides is 1. The van der Waals surface area contributed by atoms with Crippen molar-refractivity contribution in [1.29, 1.82) is 0 Å². The van der Waals surface area contributed by atoms with E-state index in [0.717, 1.165) is 5.56 Å². The number of methoxy groups -OCH3 is 1. The second kappa shape index (κ2) is 11.3. The van der Waals surface area contributed by atoms with Gasteiger partial charge in [0.2, 0.25) is 0 Å². The first-order chi connectivity index (χ1) is 13.6. The van der Waals surface area contributed by atoms with Crippen molar-refractivity contribution in [2.45, 2.75) is 6.42 Å². The lowest BCUT2D eigenvalue weighted by molar-refractivity contribution is -0.114. The summed E-state index contributed by atoms with van der Waals surface area (Å²) in [5, 5.41) is 3.51. The predicted molar refractivity (Wildman–Crippen MR) is 116 cm³/mol. The fourth-order valence-corrected chi connectivity index (χ4v) is 2.93. The summed E-state index contributed by atoms with van der Waals surface area (Å²) in [6.45, 7) is 0.627. The molecule has 0 aliphatic carbocycles. The Morgan fingerprint density at radius 2 is 2.00 bits per heavy atom. The molecule has 1 N–H and O–H groups in total. The molecule has 0 bridgehead atoms. The van der Waals surface area contributed by atoms with Crippen molar-refractivity contribution in [2.75, 3.05) is 26.5 Å². The number of nitrogens with one attached hydrogen (secondary N) is 1. The van der Waals surface area contributed by atoms with E-state index in [1.165, 1.54) is 11.9 Å². The lowest BCUT2D eigenvalue weighted by Crippen LogP contribution is -2.33. The Labute approximate surface area is 174 Å². The molecular weight excluding hydrogens is 396 g/mol. The maximum Gasteiger partial charge on any atom is 0.271 e. The van der Waals surface area contributed by atoms with Gasteiger partial charge in [-0.05, 0) is 48.2 Å². The summed E-state index contributed by atoms with van der Waals surface area (Å²) >= 11 is 7.14. The number of ether oxygens (including phenoxy) is 2. The number of carbonyl (C=O) groups is 1. The third-order valence-corrected chi connectivity index (χ3v) is 4.37. The highest BCUT2D eigenvalue weighted by molar-refractivity contribution is 7.97. The normalized spacial score (nSPS) is 10.9. The maximum absolute atomic E-state index is 12.6. The van der Waals surface area contributed by atoms with Crippen LogP contribution in [-0.4, -0.2) is 38.1 Å². The molecule has 0 atom stereocenters. The monoisotopic (exact) mass is 416 g/mol. The Hall–Kier alpha value is -2.62. The molecule has 2 aromatic carbocycles. The predicted octanol–water partition coefficient (Wildman–Crippen LogP) is 3.79. The zero-order valence-electron chi connectivity index (χ0n) is 15.7. The van der Waals surface area contributed by atoms with Gasteiger partial charge in [-0.15, -0.1) is 6.42 Å². The van der Waals surface area contributed by atoms with Gasteiger partial charge in [0.05, 0.1) is 7.11 Å². The summed E-state index contributed by atoms with van der Waals surface area (Å²) in [5.74, 6) is 3.37. The van der Waals surface area contributed by atoms with Gasteiger partial charge in [0.25, 0.3) is 5.91 Å². The average Bonchev–Trinajstić information content (AvgIpc) is 2.71. The summed E-state index contributed by atoms with van der Waals surface area (Å²) in [7, 11) is 1.57. The first kappa shape index (κ1) is 21.7. The first-order valence-corrected chi connectivity index (χ1v) is 10.0. The van der Waals surface area contributed by atoms with E-state index in [9.17, 15) is 4.79 Å². The van der Waals surface area contributed by atoms with E-state index in [2.05, 4.69) is 15.6 Å². The molecule has 0 heterocycles. The summed E-state index contributed by atoms with van der Waals surface area (Å²) in [6, 6.07) is 12.6. The van der Waals surface area contributed by atoms with Crippen LogP contribution in [0.5, 0.6) is 11.5 Å². The van der Waals surface area contributed by atoms with E-state index < -0.39 is 0 Å². The molecule has 0 radical (unpaired) electrons. The molecule has 7 heteroatoms. The van der Waals surface area contributed by atoms with Crippen LogP contribution in [0.2, 0.25) is 5.02 Å². The molecule has 1 amide bonds. The molecule has 0 unspecified atom stereocenters. The highest BCUT2D eigenvalue weighted by Crippen LogP contribution is 2.28. The third kappa shape index (κ3) is 6.22. The van der Waals surface area contributed by atoms with Crippen LogP contribution in [0.3, 0.4) is 0 Å². The van der Waals surface area contributed by atoms with Gasteiger partial charge in [0.1, 0.15) is 12.3 Å². The Kier molecular flexibility index (Phi) is 8.73. The summed E-state index contributed by atoms with van der Waals surface area (Å²) < 4.78 is 15.0. The molecule has 28 heavy (non-hydrogen) atoms. The van der Waals surface area contributed by atoms with Gasteiger partial charge in [-0.25, -0.2) is 4.40 Å². The van der Waals surface area contributed by atoms with Gasteiger partial charge in [-0.1, -0.05) is 35.7 Å². The van der Waals surface area contributed by atoms with Crippen LogP contribution < -0.4 is 14.8 Å². The molecule has 146 valence electrons. The molecule has 2 rings (SSSR count). The SMILES string of the molecule is C#CCOc1ccc(CCNC(=O)C(=NSC)c2ccc(Cl)cc2)cc1OC. The zero-order chi connectivity index (χ0) is 20.4. The lowest BCUT2D eigenvalue weighted by atomic mass is 10.1. The summed E-state index contributed by atoms with van der Waals surface area (Å²) in [5.41, 5.74) is 2.08. The topological polar surface area (TPSA) is 59.9 Å². The third-order valence-electron chi connectivity index (χ3n) is 3.75. The molecule has 2 aromatic rings. The van der Waals surface area contributed by atoms with E-state index in [1.54, 1.807) is 37.6 Å². The van der Waals surface area contributed by atoms with Crippen molar-refractivity contribution in [3.8, 4) is 23.8 Å². The largest absolute Gasteiger partial charge is 0.493 e. The van der Waals surface area contributed by atoms with Crippen molar-refractivity contribution in [3.63, 3.8) is 0 Å². The first-order valence-electron chi connectivity index (χ1n) is 8.47.